The maximum Gasteiger partial charge on any atom is 0.229 e. The Bertz CT molecular complexity index is 694. The van der Waals surface area contributed by atoms with Gasteiger partial charge in [-0.3, -0.25) is 4.79 Å². The molecule has 3 aliphatic heterocycles. The average molecular weight is 376 g/mol. The van der Waals surface area contributed by atoms with Gasteiger partial charge in [0, 0.05) is 39.1 Å². The van der Waals surface area contributed by atoms with Crippen LogP contribution in [0.15, 0.2) is 29.4 Å². The van der Waals surface area contributed by atoms with Crippen molar-refractivity contribution in [2.45, 2.75) is 31.8 Å². The third kappa shape index (κ3) is 3.99. The van der Waals surface area contributed by atoms with Crippen LogP contribution in [0.3, 0.4) is 0 Å². The molecule has 1 amide bonds. The summed E-state index contributed by atoms with van der Waals surface area (Å²) in [5.74, 6) is -0.0833. The van der Waals surface area contributed by atoms with Gasteiger partial charge in [0.05, 0.1) is 24.3 Å². The van der Waals surface area contributed by atoms with E-state index in [1.54, 1.807) is 12.1 Å². The minimum atomic E-state index is -0.464. The third-order valence-electron chi connectivity index (χ3n) is 5.73. The van der Waals surface area contributed by atoms with Crippen LogP contribution in [0.5, 0.6) is 0 Å². The van der Waals surface area contributed by atoms with Crippen LogP contribution in [-0.4, -0.2) is 62.1 Å². The molecule has 0 radical (unpaired) electrons. The summed E-state index contributed by atoms with van der Waals surface area (Å²) >= 11 is 0. The molecule has 0 saturated carbocycles. The number of halogens is 1. The Hall–Kier alpha value is -1.99. The Morgan fingerprint density at radius 2 is 1.78 bits per heavy atom. The van der Waals surface area contributed by atoms with Crippen LogP contribution in [0, 0.1) is 11.2 Å². The number of carbonyl (C=O) groups excluding carboxylic acids is 1. The van der Waals surface area contributed by atoms with E-state index in [1.165, 1.54) is 12.1 Å². The van der Waals surface area contributed by atoms with Crippen molar-refractivity contribution < 1.29 is 23.5 Å². The molecule has 0 spiro atoms. The van der Waals surface area contributed by atoms with Crippen LogP contribution in [0.1, 0.15) is 31.2 Å². The summed E-state index contributed by atoms with van der Waals surface area (Å²) in [6, 6.07) is 6.27. The number of amides is 1. The van der Waals surface area contributed by atoms with Crippen molar-refractivity contribution in [2.75, 3.05) is 39.5 Å². The van der Waals surface area contributed by atoms with Gasteiger partial charge in [-0.15, -0.1) is 0 Å². The van der Waals surface area contributed by atoms with Crippen LogP contribution in [0.4, 0.5) is 4.39 Å². The van der Waals surface area contributed by atoms with Crippen molar-refractivity contribution in [3.05, 3.63) is 35.6 Å². The molecular formula is C20H25FN2O4. The smallest absolute Gasteiger partial charge is 0.229 e. The second-order valence-corrected chi connectivity index (χ2v) is 7.48. The summed E-state index contributed by atoms with van der Waals surface area (Å²) in [4.78, 5) is 20.9. The molecule has 6 nitrogen and oxygen atoms in total. The van der Waals surface area contributed by atoms with Crippen LogP contribution in [-0.2, 0) is 19.1 Å². The predicted octanol–water partition coefficient (Wildman–Crippen LogP) is 2.36. The number of rotatable bonds is 4. The Kier molecular flexibility index (Phi) is 5.41. The largest absolute Gasteiger partial charge is 0.392 e. The first-order chi connectivity index (χ1) is 13.2. The van der Waals surface area contributed by atoms with Gasteiger partial charge in [0.2, 0.25) is 5.91 Å². The van der Waals surface area contributed by atoms with E-state index in [2.05, 4.69) is 5.16 Å². The molecular weight excluding hydrogens is 351 g/mol. The van der Waals surface area contributed by atoms with E-state index < -0.39 is 5.41 Å². The monoisotopic (exact) mass is 376 g/mol. The number of morpholine rings is 1. The first-order valence-electron chi connectivity index (χ1n) is 9.60. The van der Waals surface area contributed by atoms with Gasteiger partial charge in [-0.2, -0.15) is 0 Å². The molecule has 1 atom stereocenters. The summed E-state index contributed by atoms with van der Waals surface area (Å²) < 4.78 is 24.1. The number of oxime groups is 1. The highest BCUT2D eigenvalue weighted by atomic mass is 19.1. The summed E-state index contributed by atoms with van der Waals surface area (Å²) in [6.07, 6.45) is 2.52. The first-order valence-corrected chi connectivity index (χ1v) is 9.60. The Balaban J connectivity index is 1.45. The van der Waals surface area contributed by atoms with Crippen molar-refractivity contribution in [2.24, 2.45) is 10.6 Å². The van der Waals surface area contributed by atoms with Crippen molar-refractivity contribution in [3.8, 4) is 0 Å². The minimum absolute atomic E-state index is 0.145. The lowest BCUT2D eigenvalue weighted by Gasteiger charge is -2.41. The van der Waals surface area contributed by atoms with Gasteiger partial charge >= 0.3 is 0 Å². The second-order valence-electron chi connectivity index (χ2n) is 7.48. The standard InChI is InChI=1S/C20H25FN2O4/c21-16-3-1-15(2-4-16)18-13-17(27-22-18)14-20(5-9-25-10-6-20)19(24)23-7-11-26-12-8-23/h1-4,17H,5-14H2. The number of nitrogens with zero attached hydrogens (tertiary/aromatic N) is 2. The van der Waals surface area contributed by atoms with Gasteiger partial charge in [0.1, 0.15) is 11.9 Å². The maximum atomic E-state index is 13.3. The van der Waals surface area contributed by atoms with E-state index in [-0.39, 0.29) is 17.8 Å². The summed E-state index contributed by atoms with van der Waals surface area (Å²) in [7, 11) is 0. The summed E-state index contributed by atoms with van der Waals surface area (Å²) in [6.45, 7) is 3.66. The van der Waals surface area contributed by atoms with E-state index >= 15 is 0 Å². The molecule has 7 heteroatoms. The average Bonchev–Trinajstić information content (AvgIpc) is 3.17. The predicted molar refractivity (Wildman–Crippen MR) is 96.9 cm³/mol. The fraction of sp³-hybridized carbons (Fsp3) is 0.600. The molecule has 0 aromatic heterocycles. The normalized spacial score (nSPS) is 25.0. The Morgan fingerprint density at radius 1 is 1.11 bits per heavy atom. The Labute approximate surface area is 158 Å². The fourth-order valence-electron chi connectivity index (χ4n) is 4.16. The van der Waals surface area contributed by atoms with Crippen molar-refractivity contribution >= 4 is 11.6 Å². The molecule has 146 valence electrons. The quantitative estimate of drug-likeness (QED) is 0.810. The van der Waals surface area contributed by atoms with Crippen LogP contribution >= 0.6 is 0 Å². The molecule has 0 bridgehead atoms. The molecule has 27 heavy (non-hydrogen) atoms. The molecule has 3 heterocycles. The summed E-state index contributed by atoms with van der Waals surface area (Å²) in [5.41, 5.74) is 1.20. The second kappa shape index (κ2) is 7.94. The zero-order valence-electron chi connectivity index (χ0n) is 15.4. The van der Waals surface area contributed by atoms with E-state index in [1.807, 2.05) is 4.90 Å². The lowest BCUT2D eigenvalue weighted by molar-refractivity contribution is -0.155. The van der Waals surface area contributed by atoms with Gasteiger partial charge in [-0.25, -0.2) is 4.39 Å². The number of ether oxygens (including phenoxy) is 2. The van der Waals surface area contributed by atoms with Crippen LogP contribution in [0.2, 0.25) is 0 Å². The number of carbonyl (C=O) groups is 1. The van der Waals surface area contributed by atoms with Crippen molar-refractivity contribution in [1.29, 1.82) is 0 Å². The SMILES string of the molecule is O=C(N1CCOCC1)C1(CC2CC(c3ccc(F)cc3)=NO2)CCOCC1. The van der Waals surface area contributed by atoms with E-state index in [0.717, 1.165) is 11.3 Å². The van der Waals surface area contributed by atoms with Gasteiger partial charge in [-0.05, 0) is 30.5 Å². The third-order valence-corrected chi connectivity index (χ3v) is 5.73. The molecule has 1 aromatic rings. The molecule has 4 rings (SSSR count). The highest BCUT2D eigenvalue weighted by molar-refractivity contribution is 6.01. The molecule has 1 unspecified atom stereocenters. The Morgan fingerprint density at radius 3 is 2.48 bits per heavy atom. The number of benzene rings is 1. The number of hydrogen-bond donors (Lipinski definition) is 0. The topological polar surface area (TPSA) is 60.4 Å². The van der Waals surface area contributed by atoms with Crippen molar-refractivity contribution in [3.63, 3.8) is 0 Å². The van der Waals surface area contributed by atoms with Crippen molar-refractivity contribution in [1.82, 2.24) is 4.90 Å². The lowest BCUT2D eigenvalue weighted by atomic mass is 9.73. The minimum Gasteiger partial charge on any atom is -0.392 e. The van der Waals surface area contributed by atoms with E-state index in [9.17, 15) is 9.18 Å². The molecule has 0 N–H and O–H groups in total. The van der Waals surface area contributed by atoms with Gasteiger partial charge in [0.25, 0.3) is 0 Å². The molecule has 2 saturated heterocycles. The first kappa shape index (κ1) is 18.4. The van der Waals surface area contributed by atoms with Crippen LogP contribution < -0.4 is 0 Å². The number of hydrogen-bond acceptors (Lipinski definition) is 5. The van der Waals surface area contributed by atoms with Crippen LogP contribution in [0.25, 0.3) is 0 Å². The maximum absolute atomic E-state index is 13.3. The molecule has 1 aromatic carbocycles. The zero-order valence-corrected chi connectivity index (χ0v) is 15.4. The van der Waals surface area contributed by atoms with Gasteiger partial charge in [-0.1, -0.05) is 17.3 Å². The fourth-order valence-corrected chi connectivity index (χ4v) is 4.16. The van der Waals surface area contributed by atoms with E-state index in [0.29, 0.717) is 65.2 Å². The van der Waals surface area contributed by atoms with E-state index in [4.69, 9.17) is 14.3 Å². The van der Waals surface area contributed by atoms with Gasteiger partial charge in [0.15, 0.2) is 0 Å². The highest BCUT2D eigenvalue weighted by Crippen LogP contribution is 2.40. The summed E-state index contributed by atoms with van der Waals surface area (Å²) in [5, 5.41) is 4.20. The molecule has 0 aliphatic carbocycles. The highest BCUT2D eigenvalue weighted by Gasteiger charge is 2.45. The molecule has 3 aliphatic rings. The zero-order chi connectivity index (χ0) is 18.7. The molecule has 2 fully saturated rings. The lowest BCUT2D eigenvalue weighted by Crippen LogP contribution is -2.51. The van der Waals surface area contributed by atoms with Gasteiger partial charge < -0.3 is 19.2 Å².